The lowest BCUT2D eigenvalue weighted by Crippen LogP contribution is -2.48. The second-order valence-corrected chi connectivity index (χ2v) is 8.54. The van der Waals surface area contributed by atoms with Crippen LogP contribution in [0.2, 0.25) is 5.02 Å². The van der Waals surface area contributed by atoms with E-state index in [0.717, 1.165) is 38.7 Å². The maximum atomic E-state index is 12.8. The van der Waals surface area contributed by atoms with Crippen LogP contribution in [-0.4, -0.2) is 49.1 Å². The summed E-state index contributed by atoms with van der Waals surface area (Å²) in [6.07, 6.45) is 0. The smallest absolute Gasteiger partial charge is 0.255 e. The third-order valence-corrected chi connectivity index (χ3v) is 6.49. The topological polar surface area (TPSA) is 45.7 Å². The number of hydrogen-bond acceptors (Lipinski definition) is 5. The average Bonchev–Trinajstić information content (AvgIpc) is 3.14. The first kappa shape index (κ1) is 18.5. The molecule has 1 aliphatic heterocycles. The van der Waals surface area contributed by atoms with Crippen LogP contribution in [0.25, 0.3) is 10.2 Å². The molecule has 0 N–H and O–H groups in total. The summed E-state index contributed by atoms with van der Waals surface area (Å²) in [4.78, 5) is 21.6. The van der Waals surface area contributed by atoms with Gasteiger partial charge < -0.3 is 14.5 Å². The largest absolute Gasteiger partial charge is 0.494 e. The number of piperazine rings is 1. The second kappa shape index (κ2) is 7.66. The highest BCUT2D eigenvalue weighted by atomic mass is 79.9. The minimum absolute atomic E-state index is 0.0353. The fraction of sp³-hybridized carbons (Fsp3) is 0.263. The maximum absolute atomic E-state index is 12.8. The number of benzene rings is 2. The van der Waals surface area contributed by atoms with E-state index in [9.17, 15) is 4.79 Å². The molecule has 0 bridgehead atoms. The van der Waals surface area contributed by atoms with Gasteiger partial charge in [0, 0.05) is 30.7 Å². The lowest BCUT2D eigenvalue weighted by atomic mass is 10.2. The summed E-state index contributed by atoms with van der Waals surface area (Å²) in [5, 5.41) is 1.44. The van der Waals surface area contributed by atoms with Gasteiger partial charge in [-0.25, -0.2) is 4.98 Å². The zero-order valence-corrected chi connectivity index (χ0v) is 17.8. The van der Waals surface area contributed by atoms with Crippen molar-refractivity contribution >= 4 is 60.1 Å². The fourth-order valence-corrected chi connectivity index (χ4v) is 4.74. The van der Waals surface area contributed by atoms with Crippen LogP contribution < -0.4 is 9.64 Å². The second-order valence-electron chi connectivity index (χ2n) is 6.21. The van der Waals surface area contributed by atoms with E-state index in [-0.39, 0.29) is 5.91 Å². The van der Waals surface area contributed by atoms with Crippen molar-refractivity contribution in [3.05, 3.63) is 51.5 Å². The zero-order valence-electron chi connectivity index (χ0n) is 14.6. The van der Waals surface area contributed by atoms with Crippen LogP contribution in [0.15, 0.2) is 40.9 Å². The monoisotopic (exact) mass is 465 g/mol. The van der Waals surface area contributed by atoms with Crippen molar-refractivity contribution in [3.8, 4) is 5.75 Å². The molecule has 0 aliphatic carbocycles. The summed E-state index contributed by atoms with van der Waals surface area (Å²) in [7, 11) is 1.66. The highest BCUT2D eigenvalue weighted by Gasteiger charge is 2.25. The number of halogens is 2. The van der Waals surface area contributed by atoms with Crippen LogP contribution in [0.5, 0.6) is 5.75 Å². The molecule has 0 atom stereocenters. The normalized spacial score (nSPS) is 14.6. The number of nitrogens with zero attached hydrogens (tertiary/aromatic N) is 3. The molecule has 8 heteroatoms. The van der Waals surface area contributed by atoms with Crippen LogP contribution in [0, 0.1) is 0 Å². The highest BCUT2D eigenvalue weighted by Crippen LogP contribution is 2.34. The van der Waals surface area contributed by atoms with E-state index in [1.165, 1.54) is 0 Å². The lowest BCUT2D eigenvalue weighted by Gasteiger charge is -2.34. The summed E-state index contributed by atoms with van der Waals surface area (Å²) in [6.45, 7) is 2.74. The Labute approximate surface area is 174 Å². The number of para-hydroxylation sites is 1. The summed E-state index contributed by atoms with van der Waals surface area (Å²) in [5.41, 5.74) is 1.42. The van der Waals surface area contributed by atoms with Crippen molar-refractivity contribution in [1.82, 2.24) is 9.88 Å². The van der Waals surface area contributed by atoms with Gasteiger partial charge in [0.2, 0.25) is 0 Å². The molecule has 4 rings (SSSR count). The SMILES string of the molecule is COc1cccc2sc(N3CCN(C(=O)c4cc(Br)ccc4Cl)CC3)nc12. The molecular formula is C19H17BrClN3O2S. The summed E-state index contributed by atoms with van der Waals surface area (Å²) in [5.74, 6) is 0.750. The molecular weight excluding hydrogens is 450 g/mol. The first-order valence-electron chi connectivity index (χ1n) is 8.49. The first-order valence-corrected chi connectivity index (χ1v) is 10.5. The molecule has 0 spiro atoms. The molecule has 0 unspecified atom stereocenters. The van der Waals surface area contributed by atoms with Gasteiger partial charge in [0.1, 0.15) is 11.3 Å². The molecule has 0 radical (unpaired) electrons. The number of ether oxygens (including phenoxy) is 1. The van der Waals surface area contributed by atoms with Crippen molar-refractivity contribution in [2.45, 2.75) is 0 Å². The van der Waals surface area contributed by atoms with Gasteiger partial charge in [-0.05, 0) is 30.3 Å². The molecule has 0 saturated carbocycles. The van der Waals surface area contributed by atoms with Gasteiger partial charge in [-0.3, -0.25) is 4.79 Å². The summed E-state index contributed by atoms with van der Waals surface area (Å²) in [6, 6.07) is 11.3. The van der Waals surface area contributed by atoms with Gasteiger partial charge in [0.15, 0.2) is 5.13 Å². The third kappa shape index (κ3) is 3.63. The van der Waals surface area contributed by atoms with E-state index in [1.807, 2.05) is 29.2 Å². The first-order chi connectivity index (χ1) is 13.1. The molecule has 1 aliphatic rings. The van der Waals surface area contributed by atoms with Crippen LogP contribution in [0.3, 0.4) is 0 Å². The number of carbonyl (C=O) groups excluding carboxylic acids is 1. The van der Waals surface area contributed by atoms with Gasteiger partial charge >= 0.3 is 0 Å². The summed E-state index contributed by atoms with van der Waals surface area (Å²) >= 11 is 11.3. The molecule has 1 amide bonds. The number of rotatable bonds is 3. The number of hydrogen-bond donors (Lipinski definition) is 0. The van der Waals surface area contributed by atoms with Crippen molar-refractivity contribution < 1.29 is 9.53 Å². The number of thiazole rings is 1. The van der Waals surface area contributed by atoms with Crippen LogP contribution in [0.4, 0.5) is 5.13 Å². The van der Waals surface area contributed by atoms with E-state index in [0.29, 0.717) is 23.7 Å². The Hall–Kier alpha value is -1.83. The van der Waals surface area contributed by atoms with Gasteiger partial charge in [0.05, 0.1) is 22.4 Å². The Morgan fingerprint density at radius 3 is 2.74 bits per heavy atom. The molecule has 2 heterocycles. The Balaban J connectivity index is 1.49. The molecule has 5 nitrogen and oxygen atoms in total. The van der Waals surface area contributed by atoms with E-state index in [1.54, 1.807) is 30.6 Å². The molecule has 3 aromatic rings. The number of amides is 1. The predicted octanol–water partition coefficient (Wildman–Crippen LogP) is 4.68. The molecule has 1 saturated heterocycles. The molecule has 2 aromatic carbocycles. The number of anilines is 1. The van der Waals surface area contributed by atoms with Crippen molar-refractivity contribution in [1.29, 1.82) is 0 Å². The van der Waals surface area contributed by atoms with E-state index in [2.05, 4.69) is 20.8 Å². The average molecular weight is 467 g/mol. The summed E-state index contributed by atoms with van der Waals surface area (Å²) < 4.78 is 7.35. The van der Waals surface area contributed by atoms with Crippen LogP contribution in [0.1, 0.15) is 10.4 Å². The standard InChI is InChI=1S/C19H17BrClN3O2S/c1-26-15-3-2-4-16-17(15)22-19(27-16)24-9-7-23(8-10-24)18(25)13-11-12(20)5-6-14(13)21/h2-6,11H,7-10H2,1H3. The zero-order chi connectivity index (χ0) is 19.0. The number of fused-ring (bicyclic) bond motifs is 1. The number of methoxy groups -OCH3 is 1. The fourth-order valence-electron chi connectivity index (χ4n) is 3.14. The maximum Gasteiger partial charge on any atom is 0.255 e. The Morgan fingerprint density at radius 1 is 1.22 bits per heavy atom. The van der Waals surface area contributed by atoms with Crippen molar-refractivity contribution in [2.24, 2.45) is 0 Å². The van der Waals surface area contributed by atoms with Crippen molar-refractivity contribution in [3.63, 3.8) is 0 Å². The quantitative estimate of drug-likeness (QED) is 0.562. The minimum atomic E-state index is -0.0353. The van der Waals surface area contributed by atoms with Gasteiger partial charge in [-0.2, -0.15) is 0 Å². The minimum Gasteiger partial charge on any atom is -0.494 e. The van der Waals surface area contributed by atoms with Gasteiger partial charge in [0.25, 0.3) is 5.91 Å². The molecule has 27 heavy (non-hydrogen) atoms. The highest BCUT2D eigenvalue weighted by molar-refractivity contribution is 9.10. The van der Waals surface area contributed by atoms with Crippen LogP contribution >= 0.6 is 38.9 Å². The van der Waals surface area contributed by atoms with E-state index in [4.69, 9.17) is 21.3 Å². The van der Waals surface area contributed by atoms with E-state index < -0.39 is 0 Å². The lowest BCUT2D eigenvalue weighted by molar-refractivity contribution is 0.0747. The van der Waals surface area contributed by atoms with E-state index >= 15 is 0 Å². The predicted molar refractivity (Wildman–Crippen MR) is 113 cm³/mol. The molecule has 1 fully saturated rings. The van der Waals surface area contributed by atoms with Crippen molar-refractivity contribution in [2.75, 3.05) is 38.2 Å². The van der Waals surface area contributed by atoms with Gasteiger partial charge in [-0.15, -0.1) is 0 Å². The number of carbonyl (C=O) groups is 1. The van der Waals surface area contributed by atoms with Crippen LogP contribution in [-0.2, 0) is 0 Å². The number of aromatic nitrogens is 1. The Morgan fingerprint density at radius 2 is 2.00 bits per heavy atom. The third-order valence-electron chi connectivity index (χ3n) is 4.59. The Bertz CT molecular complexity index is 1000. The molecule has 140 valence electrons. The Kier molecular flexibility index (Phi) is 5.25. The van der Waals surface area contributed by atoms with Gasteiger partial charge in [-0.1, -0.05) is 44.9 Å². The molecule has 1 aromatic heterocycles.